The van der Waals surface area contributed by atoms with Crippen LogP contribution in [-0.2, 0) is 10.0 Å². The molecule has 1 aromatic carbocycles. The third kappa shape index (κ3) is 5.19. The molecule has 7 nitrogen and oxygen atoms in total. The Morgan fingerprint density at radius 2 is 1.68 bits per heavy atom. The molecule has 8 heteroatoms. The molecule has 2 aromatic rings. The summed E-state index contributed by atoms with van der Waals surface area (Å²) in [6, 6.07) is 10.1. The van der Waals surface area contributed by atoms with E-state index in [-0.39, 0.29) is 16.8 Å². The summed E-state index contributed by atoms with van der Waals surface area (Å²) in [6.45, 7) is 3.45. The first-order valence-electron chi connectivity index (χ1n) is 11.2. The van der Waals surface area contributed by atoms with Crippen LogP contribution in [0.3, 0.4) is 0 Å². The molecule has 168 valence electrons. The molecule has 1 atom stereocenters. The Morgan fingerprint density at radius 1 is 0.968 bits per heavy atom. The second-order valence-electron chi connectivity index (χ2n) is 8.33. The van der Waals surface area contributed by atoms with Crippen LogP contribution in [0.1, 0.15) is 60.7 Å². The van der Waals surface area contributed by atoms with Crippen LogP contribution < -0.4 is 5.32 Å². The highest BCUT2D eigenvalue weighted by Gasteiger charge is 2.28. The van der Waals surface area contributed by atoms with Gasteiger partial charge in [0.15, 0.2) is 0 Å². The molecule has 0 bridgehead atoms. The second kappa shape index (κ2) is 9.97. The van der Waals surface area contributed by atoms with E-state index in [1.54, 1.807) is 28.8 Å². The fourth-order valence-electron chi connectivity index (χ4n) is 4.46. The first-order chi connectivity index (χ1) is 15.1. The van der Waals surface area contributed by atoms with Gasteiger partial charge in [0.2, 0.25) is 10.0 Å². The van der Waals surface area contributed by atoms with Crippen LogP contribution in [0.4, 0.5) is 0 Å². The van der Waals surface area contributed by atoms with Crippen molar-refractivity contribution >= 4 is 15.9 Å². The molecule has 1 aromatic heterocycles. The van der Waals surface area contributed by atoms with Gasteiger partial charge in [-0.25, -0.2) is 8.42 Å². The number of furan rings is 1. The van der Waals surface area contributed by atoms with Crippen LogP contribution in [0.15, 0.2) is 52.0 Å². The highest BCUT2D eigenvalue weighted by molar-refractivity contribution is 7.89. The lowest BCUT2D eigenvalue weighted by Crippen LogP contribution is -2.36. The summed E-state index contributed by atoms with van der Waals surface area (Å²) in [5, 5.41) is 2.98. The maximum Gasteiger partial charge on any atom is 0.251 e. The molecular formula is C23H31N3O4S. The number of benzene rings is 1. The van der Waals surface area contributed by atoms with E-state index in [9.17, 15) is 13.2 Å². The molecule has 2 aliphatic rings. The van der Waals surface area contributed by atoms with Crippen molar-refractivity contribution in [1.29, 1.82) is 0 Å². The fraction of sp³-hybridized carbons (Fsp3) is 0.522. The molecule has 1 amide bonds. The van der Waals surface area contributed by atoms with Crippen LogP contribution in [0, 0.1) is 0 Å². The fourth-order valence-corrected chi connectivity index (χ4v) is 6.03. The Morgan fingerprint density at radius 3 is 2.35 bits per heavy atom. The number of rotatable bonds is 7. The third-order valence-electron chi connectivity index (χ3n) is 6.21. The van der Waals surface area contributed by atoms with Gasteiger partial charge in [-0.3, -0.25) is 9.69 Å². The summed E-state index contributed by atoms with van der Waals surface area (Å²) in [6.07, 6.45) is 7.80. The van der Waals surface area contributed by atoms with Gasteiger partial charge in [0.25, 0.3) is 5.91 Å². The first kappa shape index (κ1) is 22.0. The summed E-state index contributed by atoms with van der Waals surface area (Å²) >= 11 is 0. The van der Waals surface area contributed by atoms with E-state index in [1.165, 1.54) is 6.07 Å². The average molecular weight is 446 g/mol. The normalized spacial score (nSPS) is 19.7. The Balaban J connectivity index is 1.46. The maximum atomic E-state index is 13.1. The van der Waals surface area contributed by atoms with Crippen molar-refractivity contribution in [2.24, 2.45) is 0 Å². The number of likely N-dealkylation sites (tertiary alicyclic amines) is 1. The number of sulfonamides is 1. The number of hydrogen-bond donors (Lipinski definition) is 1. The minimum absolute atomic E-state index is 0.0227. The molecule has 1 N–H and O–H groups in total. The largest absolute Gasteiger partial charge is 0.468 e. The van der Waals surface area contributed by atoms with Gasteiger partial charge in [-0.15, -0.1) is 0 Å². The molecule has 2 aliphatic heterocycles. The molecule has 3 heterocycles. The number of hydrogen-bond acceptors (Lipinski definition) is 5. The molecule has 2 fully saturated rings. The van der Waals surface area contributed by atoms with Gasteiger partial charge in [0.05, 0.1) is 17.2 Å². The summed E-state index contributed by atoms with van der Waals surface area (Å²) in [5.41, 5.74) is 0.357. The van der Waals surface area contributed by atoms with Crippen molar-refractivity contribution in [3.05, 3.63) is 54.0 Å². The summed E-state index contributed by atoms with van der Waals surface area (Å²) in [7, 11) is -3.59. The average Bonchev–Trinajstić information content (AvgIpc) is 3.44. The molecule has 0 radical (unpaired) electrons. The van der Waals surface area contributed by atoms with Crippen molar-refractivity contribution < 1.29 is 17.6 Å². The van der Waals surface area contributed by atoms with Crippen LogP contribution in [0.5, 0.6) is 0 Å². The van der Waals surface area contributed by atoms with Crippen molar-refractivity contribution in [3.63, 3.8) is 0 Å². The van der Waals surface area contributed by atoms with Crippen molar-refractivity contribution in [2.45, 2.75) is 49.5 Å². The Labute approximate surface area is 184 Å². The smallest absolute Gasteiger partial charge is 0.251 e. The molecule has 0 spiro atoms. The number of amides is 1. The number of carbonyl (C=O) groups is 1. The van der Waals surface area contributed by atoms with Crippen molar-refractivity contribution in [3.8, 4) is 0 Å². The quantitative estimate of drug-likeness (QED) is 0.706. The molecule has 0 aliphatic carbocycles. The zero-order valence-electron chi connectivity index (χ0n) is 17.8. The standard InChI is InChI=1S/C23H31N3O4S/c27-23(24-18-21(22-11-8-16-30-22)25-12-5-6-13-25)19-9-7-10-20(17-19)31(28,29)26-14-3-1-2-4-15-26/h7-11,16-17,21H,1-6,12-15,18H2,(H,24,27)/t21-/m0/s1. The van der Waals surface area contributed by atoms with E-state index >= 15 is 0 Å². The van der Waals surface area contributed by atoms with E-state index in [0.29, 0.717) is 25.2 Å². The maximum absolute atomic E-state index is 13.1. The molecule has 0 saturated carbocycles. The Kier molecular flexibility index (Phi) is 7.09. The highest BCUT2D eigenvalue weighted by atomic mass is 32.2. The molecule has 0 unspecified atom stereocenters. The zero-order chi connectivity index (χ0) is 21.7. The Hall–Kier alpha value is -2.16. The van der Waals surface area contributed by atoms with Gasteiger partial charge in [-0.2, -0.15) is 4.31 Å². The monoisotopic (exact) mass is 445 g/mol. The van der Waals surface area contributed by atoms with Gasteiger partial charge in [-0.1, -0.05) is 18.9 Å². The van der Waals surface area contributed by atoms with E-state index in [1.807, 2.05) is 12.1 Å². The summed E-state index contributed by atoms with van der Waals surface area (Å²) < 4.78 is 33.3. The van der Waals surface area contributed by atoms with Gasteiger partial charge >= 0.3 is 0 Å². The zero-order valence-corrected chi connectivity index (χ0v) is 18.6. The highest BCUT2D eigenvalue weighted by Crippen LogP contribution is 2.25. The molecular weight excluding hydrogens is 414 g/mol. The van der Waals surface area contributed by atoms with Gasteiger partial charge < -0.3 is 9.73 Å². The van der Waals surface area contributed by atoms with Crippen LogP contribution >= 0.6 is 0 Å². The lowest BCUT2D eigenvalue weighted by Gasteiger charge is -2.26. The third-order valence-corrected chi connectivity index (χ3v) is 8.10. The minimum atomic E-state index is -3.59. The van der Waals surface area contributed by atoms with Gasteiger partial charge in [0.1, 0.15) is 5.76 Å². The minimum Gasteiger partial charge on any atom is -0.468 e. The topological polar surface area (TPSA) is 82.9 Å². The Bertz CT molecular complexity index is 960. The van der Waals surface area contributed by atoms with Gasteiger partial charge in [-0.05, 0) is 69.1 Å². The number of carbonyl (C=O) groups excluding carboxylic acids is 1. The molecule has 2 saturated heterocycles. The van der Waals surface area contributed by atoms with E-state index in [4.69, 9.17) is 4.42 Å². The predicted molar refractivity (Wildman–Crippen MR) is 118 cm³/mol. The lowest BCUT2D eigenvalue weighted by atomic mass is 10.1. The SMILES string of the molecule is O=C(NC[C@@H](c1ccco1)N1CCCC1)c1cccc(S(=O)(=O)N2CCCCCC2)c1. The number of nitrogens with zero attached hydrogens (tertiary/aromatic N) is 2. The van der Waals surface area contributed by atoms with Crippen molar-refractivity contribution in [1.82, 2.24) is 14.5 Å². The van der Waals surface area contributed by atoms with E-state index < -0.39 is 10.0 Å². The second-order valence-corrected chi connectivity index (χ2v) is 10.3. The van der Waals surface area contributed by atoms with Crippen LogP contribution in [0.25, 0.3) is 0 Å². The van der Waals surface area contributed by atoms with Crippen LogP contribution in [-0.4, -0.2) is 56.3 Å². The van der Waals surface area contributed by atoms with E-state index in [2.05, 4.69) is 10.2 Å². The summed E-state index contributed by atoms with van der Waals surface area (Å²) in [5.74, 6) is 0.559. The molecule has 31 heavy (non-hydrogen) atoms. The lowest BCUT2D eigenvalue weighted by molar-refractivity contribution is 0.0933. The van der Waals surface area contributed by atoms with Crippen LogP contribution in [0.2, 0.25) is 0 Å². The van der Waals surface area contributed by atoms with E-state index in [0.717, 1.165) is 57.4 Å². The summed E-state index contributed by atoms with van der Waals surface area (Å²) in [4.78, 5) is 15.4. The van der Waals surface area contributed by atoms with Gasteiger partial charge in [0, 0.05) is 25.2 Å². The predicted octanol–water partition coefficient (Wildman–Crippen LogP) is 3.41. The molecule has 4 rings (SSSR count). The first-order valence-corrected chi connectivity index (χ1v) is 12.7. The van der Waals surface area contributed by atoms with Crippen molar-refractivity contribution in [2.75, 3.05) is 32.7 Å². The number of nitrogens with one attached hydrogen (secondary N) is 1.